The minimum atomic E-state index is -0.294. The highest BCUT2D eigenvalue weighted by Gasteiger charge is 2.24. The van der Waals surface area contributed by atoms with Crippen molar-refractivity contribution in [3.05, 3.63) is 89.7 Å². The van der Waals surface area contributed by atoms with Gasteiger partial charge in [0.05, 0.1) is 12.6 Å². The summed E-state index contributed by atoms with van der Waals surface area (Å²) in [7, 11) is 0. The molecule has 0 fully saturated rings. The van der Waals surface area contributed by atoms with Crippen molar-refractivity contribution < 1.29 is 14.0 Å². The van der Waals surface area contributed by atoms with E-state index in [4.69, 9.17) is 0 Å². The number of anilines is 1. The fourth-order valence-corrected chi connectivity index (χ4v) is 3.51. The van der Waals surface area contributed by atoms with Crippen LogP contribution in [0.4, 0.5) is 14.9 Å². The van der Waals surface area contributed by atoms with Crippen LogP contribution in [-0.2, 0) is 11.3 Å². The summed E-state index contributed by atoms with van der Waals surface area (Å²) < 4.78 is 13.1. The zero-order valence-corrected chi connectivity index (χ0v) is 16.6. The Morgan fingerprint density at radius 2 is 1.60 bits per heavy atom. The quantitative estimate of drug-likeness (QED) is 0.665. The minimum Gasteiger partial charge on any atom is -0.331 e. The van der Waals surface area contributed by atoms with E-state index < -0.39 is 0 Å². The number of carbonyl (C=O) groups excluding carboxylic acids is 2. The summed E-state index contributed by atoms with van der Waals surface area (Å²) >= 11 is 0. The average Bonchev–Trinajstić information content (AvgIpc) is 2.92. The van der Waals surface area contributed by atoms with Crippen molar-refractivity contribution in [2.24, 2.45) is 0 Å². The van der Waals surface area contributed by atoms with Crippen LogP contribution in [0.1, 0.15) is 24.1 Å². The van der Waals surface area contributed by atoms with E-state index in [1.54, 1.807) is 12.1 Å². The van der Waals surface area contributed by atoms with Crippen LogP contribution < -0.4 is 10.6 Å². The van der Waals surface area contributed by atoms with Crippen LogP contribution in [0.2, 0.25) is 0 Å². The van der Waals surface area contributed by atoms with Crippen LogP contribution in [0, 0.1) is 5.82 Å². The van der Waals surface area contributed by atoms with E-state index in [0.29, 0.717) is 6.54 Å². The van der Waals surface area contributed by atoms with Crippen LogP contribution in [0.25, 0.3) is 11.1 Å². The second kappa shape index (κ2) is 8.37. The van der Waals surface area contributed by atoms with Gasteiger partial charge in [-0.2, -0.15) is 0 Å². The summed E-state index contributed by atoms with van der Waals surface area (Å²) in [6, 6.07) is 21.0. The third kappa shape index (κ3) is 4.33. The third-order valence-corrected chi connectivity index (χ3v) is 5.20. The maximum Gasteiger partial charge on any atom is 0.318 e. The van der Waals surface area contributed by atoms with Crippen molar-refractivity contribution in [2.45, 2.75) is 19.5 Å². The number of nitrogens with zero attached hydrogens (tertiary/aromatic N) is 1. The predicted molar refractivity (Wildman–Crippen MR) is 114 cm³/mol. The highest BCUT2D eigenvalue weighted by atomic mass is 19.1. The minimum absolute atomic E-state index is 0.00324. The molecule has 1 aliphatic rings. The summed E-state index contributed by atoms with van der Waals surface area (Å²) in [4.78, 5) is 26.5. The lowest BCUT2D eigenvalue weighted by Crippen LogP contribution is -2.43. The second-order valence-corrected chi connectivity index (χ2v) is 7.36. The molecule has 4 rings (SSSR count). The van der Waals surface area contributed by atoms with Gasteiger partial charge >= 0.3 is 6.03 Å². The van der Waals surface area contributed by atoms with Gasteiger partial charge < -0.3 is 15.5 Å². The summed E-state index contributed by atoms with van der Waals surface area (Å²) in [6.45, 7) is 2.25. The Kier molecular flexibility index (Phi) is 5.48. The fraction of sp³-hybridized carbons (Fsp3) is 0.167. The van der Waals surface area contributed by atoms with Crippen molar-refractivity contribution in [1.82, 2.24) is 10.2 Å². The molecular formula is C24H22FN3O2. The second-order valence-electron chi connectivity index (χ2n) is 7.36. The smallest absolute Gasteiger partial charge is 0.318 e. The van der Waals surface area contributed by atoms with Crippen LogP contribution in [0.5, 0.6) is 0 Å². The highest BCUT2D eigenvalue weighted by molar-refractivity contribution is 5.96. The number of halogens is 1. The van der Waals surface area contributed by atoms with E-state index in [1.165, 1.54) is 17.0 Å². The van der Waals surface area contributed by atoms with Gasteiger partial charge in [0, 0.05) is 5.69 Å². The van der Waals surface area contributed by atoms with Crippen molar-refractivity contribution in [1.29, 1.82) is 0 Å². The molecule has 1 aliphatic heterocycles. The van der Waals surface area contributed by atoms with E-state index in [2.05, 4.69) is 10.6 Å². The SMILES string of the molecule is CC(NC(=O)N1CC(=O)Nc2ccccc2C1)c1ccc(-c2ccc(F)cc2)cc1. The normalized spacial score (nSPS) is 14.3. The van der Waals surface area contributed by atoms with Gasteiger partial charge in [-0.25, -0.2) is 9.18 Å². The summed E-state index contributed by atoms with van der Waals surface area (Å²) in [5.41, 5.74) is 4.47. The largest absolute Gasteiger partial charge is 0.331 e. The van der Waals surface area contributed by atoms with Crippen LogP contribution in [-0.4, -0.2) is 23.4 Å². The third-order valence-electron chi connectivity index (χ3n) is 5.20. The van der Waals surface area contributed by atoms with Gasteiger partial charge in [0.25, 0.3) is 0 Å². The number of urea groups is 1. The van der Waals surface area contributed by atoms with Gasteiger partial charge in [0.15, 0.2) is 0 Å². The molecule has 5 nitrogen and oxygen atoms in total. The Balaban J connectivity index is 1.44. The standard InChI is InChI=1S/C24H22FN3O2/c1-16(17-6-8-18(9-7-17)19-10-12-21(25)13-11-19)26-24(30)28-14-20-4-2-3-5-22(20)27-23(29)15-28/h2-13,16H,14-15H2,1H3,(H,26,30)(H,27,29). The monoisotopic (exact) mass is 403 g/mol. The van der Waals surface area contributed by atoms with Crippen LogP contribution >= 0.6 is 0 Å². The Bertz CT molecular complexity index is 1060. The van der Waals surface area contributed by atoms with Crippen LogP contribution in [0.15, 0.2) is 72.8 Å². The maximum absolute atomic E-state index is 13.1. The topological polar surface area (TPSA) is 61.4 Å². The van der Waals surface area contributed by atoms with E-state index in [0.717, 1.165) is 27.9 Å². The zero-order valence-electron chi connectivity index (χ0n) is 16.6. The molecular weight excluding hydrogens is 381 g/mol. The average molecular weight is 403 g/mol. The molecule has 0 saturated heterocycles. The number of hydrogen-bond acceptors (Lipinski definition) is 2. The number of benzene rings is 3. The molecule has 152 valence electrons. The molecule has 3 aromatic carbocycles. The zero-order chi connectivity index (χ0) is 21.1. The Hall–Kier alpha value is -3.67. The van der Waals surface area contributed by atoms with E-state index in [9.17, 15) is 14.0 Å². The van der Waals surface area contributed by atoms with Crippen molar-refractivity contribution >= 4 is 17.6 Å². The van der Waals surface area contributed by atoms with Crippen LogP contribution in [0.3, 0.4) is 0 Å². The molecule has 6 heteroatoms. The number of para-hydroxylation sites is 1. The van der Waals surface area contributed by atoms with Gasteiger partial charge in [-0.05, 0) is 47.4 Å². The lowest BCUT2D eigenvalue weighted by Gasteiger charge is -2.23. The summed E-state index contributed by atoms with van der Waals surface area (Å²) in [5.74, 6) is -0.483. The van der Waals surface area contributed by atoms with Crippen molar-refractivity contribution in [3.8, 4) is 11.1 Å². The molecule has 1 heterocycles. The molecule has 1 atom stereocenters. The summed E-state index contributed by atoms with van der Waals surface area (Å²) in [5, 5.41) is 5.80. The molecule has 0 bridgehead atoms. The van der Waals surface area contributed by atoms with E-state index in [-0.39, 0.29) is 30.3 Å². The molecule has 3 amide bonds. The van der Waals surface area contributed by atoms with Gasteiger partial charge in [-0.3, -0.25) is 4.79 Å². The number of amides is 3. The number of fused-ring (bicyclic) bond motifs is 1. The molecule has 0 saturated carbocycles. The van der Waals surface area contributed by atoms with Crippen molar-refractivity contribution in [3.63, 3.8) is 0 Å². The first-order valence-corrected chi connectivity index (χ1v) is 9.79. The predicted octanol–water partition coefficient (Wildman–Crippen LogP) is 4.72. The van der Waals surface area contributed by atoms with Gasteiger partial charge in [0.2, 0.25) is 5.91 Å². The molecule has 0 aromatic heterocycles. The van der Waals surface area contributed by atoms with Gasteiger partial charge in [0.1, 0.15) is 12.4 Å². The van der Waals surface area contributed by atoms with Crippen molar-refractivity contribution in [2.75, 3.05) is 11.9 Å². The molecule has 1 unspecified atom stereocenters. The maximum atomic E-state index is 13.1. The molecule has 0 aliphatic carbocycles. The first-order chi connectivity index (χ1) is 14.5. The number of carbonyl (C=O) groups is 2. The van der Waals surface area contributed by atoms with Gasteiger partial charge in [-0.1, -0.05) is 54.6 Å². The fourth-order valence-electron chi connectivity index (χ4n) is 3.51. The number of rotatable bonds is 3. The highest BCUT2D eigenvalue weighted by Crippen LogP contribution is 2.23. The molecule has 0 radical (unpaired) electrons. The Morgan fingerprint density at radius 3 is 2.30 bits per heavy atom. The summed E-state index contributed by atoms with van der Waals surface area (Å²) in [6.07, 6.45) is 0. The molecule has 30 heavy (non-hydrogen) atoms. The first kappa shape index (κ1) is 19.6. The van der Waals surface area contributed by atoms with Gasteiger partial charge in [-0.15, -0.1) is 0 Å². The Morgan fingerprint density at radius 1 is 0.967 bits per heavy atom. The lowest BCUT2D eigenvalue weighted by molar-refractivity contribution is -0.116. The van der Waals surface area contributed by atoms with E-state index in [1.807, 2.05) is 55.5 Å². The Labute approximate surface area is 174 Å². The lowest BCUT2D eigenvalue weighted by atomic mass is 10.0. The number of hydrogen-bond donors (Lipinski definition) is 2. The molecule has 0 spiro atoms. The number of nitrogens with one attached hydrogen (secondary N) is 2. The molecule has 3 aromatic rings. The molecule has 2 N–H and O–H groups in total. The van der Waals surface area contributed by atoms with E-state index >= 15 is 0 Å². The first-order valence-electron chi connectivity index (χ1n) is 9.79.